The molecule has 0 aromatic carbocycles. The summed E-state index contributed by atoms with van der Waals surface area (Å²) in [5, 5.41) is 3.25. The molecule has 1 unspecified atom stereocenters. The van der Waals surface area contributed by atoms with Crippen LogP contribution in [0.25, 0.3) is 0 Å². The van der Waals surface area contributed by atoms with Gasteiger partial charge < -0.3 is 4.90 Å². The normalized spacial score (nSPS) is 24.0. The number of carbonyl (C=O) groups is 1. The van der Waals surface area contributed by atoms with E-state index in [-0.39, 0.29) is 0 Å². The van der Waals surface area contributed by atoms with Gasteiger partial charge in [-0.1, -0.05) is 0 Å². The Hall–Kier alpha value is -1.15. The van der Waals surface area contributed by atoms with Crippen LogP contribution in [0.3, 0.4) is 0 Å². The van der Waals surface area contributed by atoms with E-state index in [0.717, 1.165) is 11.1 Å². The van der Waals surface area contributed by atoms with Crippen LogP contribution in [0.1, 0.15) is 0 Å². The fourth-order valence-electron chi connectivity index (χ4n) is 0.716. The lowest BCUT2D eigenvalue weighted by Gasteiger charge is -2.26. The molecule has 2 N–H and O–H groups in total. The molecule has 0 bridgehead atoms. The predicted octanol–water partition coefficient (Wildman–Crippen LogP) is -1.79. The Balaban J connectivity index is 2.96. The summed E-state index contributed by atoms with van der Waals surface area (Å²) >= 11 is 0. The summed E-state index contributed by atoms with van der Waals surface area (Å²) in [4.78, 5) is 11.6. The molecule has 1 amide bonds. The van der Waals surface area contributed by atoms with Crippen LogP contribution >= 0.6 is 0 Å². The first-order valence-corrected chi connectivity index (χ1v) is 4.45. The second-order valence-electron chi connectivity index (χ2n) is 2.20. The second-order valence-corrected chi connectivity index (χ2v) is 3.68. The molecule has 0 radical (unpaired) electrons. The Labute approximate surface area is 68.8 Å². The third-order valence-electron chi connectivity index (χ3n) is 1.34. The average Bonchev–Trinajstić information content (AvgIpc) is 1.92. The molecule has 1 rings (SSSR count). The number of hydrogen-bond donors (Lipinski definition) is 2. The molecular formula is C4H7N3O4S. The monoisotopic (exact) mass is 193 g/mol. The van der Waals surface area contributed by atoms with Crippen LogP contribution in [0.4, 0.5) is 0 Å². The zero-order valence-corrected chi connectivity index (χ0v) is 6.95. The number of rotatable bonds is 1. The first-order chi connectivity index (χ1) is 5.43. The minimum atomic E-state index is -4.33. The molecule has 0 aliphatic carbocycles. The minimum absolute atomic E-state index is 0.587. The van der Waals surface area contributed by atoms with Crippen molar-refractivity contribution >= 4 is 22.2 Å². The van der Waals surface area contributed by atoms with Crippen molar-refractivity contribution in [1.29, 1.82) is 0 Å². The van der Waals surface area contributed by atoms with E-state index in [1.165, 1.54) is 7.05 Å². The molecule has 0 fully saturated rings. The van der Waals surface area contributed by atoms with Gasteiger partial charge in [-0.25, -0.2) is 0 Å². The molecule has 1 aliphatic heterocycles. The first kappa shape index (κ1) is 8.94. The van der Waals surface area contributed by atoms with E-state index in [4.69, 9.17) is 4.55 Å². The van der Waals surface area contributed by atoms with Gasteiger partial charge in [0, 0.05) is 7.05 Å². The Morgan fingerprint density at radius 3 is 2.75 bits per heavy atom. The molecule has 0 aromatic rings. The third kappa shape index (κ3) is 1.53. The van der Waals surface area contributed by atoms with Crippen molar-refractivity contribution in [3.63, 3.8) is 0 Å². The molecule has 8 heteroatoms. The Bertz CT molecular complexity index is 321. The van der Waals surface area contributed by atoms with Crippen LogP contribution in [0.2, 0.25) is 0 Å². The molecule has 0 saturated carbocycles. The van der Waals surface area contributed by atoms with Gasteiger partial charge >= 0.3 is 10.1 Å². The summed E-state index contributed by atoms with van der Waals surface area (Å²) in [7, 11) is -3.09. The van der Waals surface area contributed by atoms with E-state index in [2.05, 4.69) is 10.5 Å². The largest absolute Gasteiger partial charge is 0.307 e. The van der Waals surface area contributed by atoms with Crippen molar-refractivity contribution in [3.8, 4) is 0 Å². The molecule has 68 valence electrons. The molecule has 0 spiro atoms. The quantitative estimate of drug-likeness (QED) is 0.479. The highest BCUT2D eigenvalue weighted by molar-refractivity contribution is 7.86. The predicted molar refractivity (Wildman–Crippen MR) is 39.7 cm³/mol. The lowest BCUT2D eigenvalue weighted by atomic mass is 10.6. The zero-order chi connectivity index (χ0) is 9.35. The fourth-order valence-corrected chi connectivity index (χ4v) is 1.41. The molecular weight excluding hydrogens is 186 g/mol. The molecule has 1 heterocycles. The van der Waals surface area contributed by atoms with Crippen LogP contribution in [0, 0.1) is 0 Å². The second kappa shape index (κ2) is 2.72. The maximum Gasteiger partial charge on any atom is 0.307 e. The van der Waals surface area contributed by atoms with E-state index in [1.54, 1.807) is 0 Å². The highest BCUT2D eigenvalue weighted by Crippen LogP contribution is 2.03. The van der Waals surface area contributed by atoms with Crippen LogP contribution in [-0.4, -0.2) is 42.5 Å². The number of amides is 1. The summed E-state index contributed by atoms with van der Waals surface area (Å²) in [6.45, 7) is 0. The first-order valence-electron chi connectivity index (χ1n) is 2.94. The molecule has 1 atom stereocenters. The summed E-state index contributed by atoms with van der Waals surface area (Å²) in [6.07, 6.45) is 0.918. The van der Waals surface area contributed by atoms with Gasteiger partial charge in [-0.2, -0.15) is 13.5 Å². The number of hydrazone groups is 1. The number of carbonyl (C=O) groups excluding carboxylic acids is 1. The minimum Gasteiger partial charge on any atom is -0.304 e. The van der Waals surface area contributed by atoms with E-state index in [1.807, 2.05) is 0 Å². The van der Waals surface area contributed by atoms with E-state index >= 15 is 0 Å². The summed E-state index contributed by atoms with van der Waals surface area (Å²) < 4.78 is 29.7. The highest BCUT2D eigenvalue weighted by atomic mass is 32.2. The Morgan fingerprint density at radius 1 is 1.75 bits per heavy atom. The number of nitrogens with zero attached hydrogens (tertiary/aromatic N) is 2. The lowest BCUT2D eigenvalue weighted by molar-refractivity contribution is -0.124. The fraction of sp³-hybridized carbons (Fsp3) is 0.500. The maximum absolute atomic E-state index is 10.8. The van der Waals surface area contributed by atoms with Gasteiger partial charge in [0.25, 0.3) is 5.91 Å². The van der Waals surface area contributed by atoms with E-state index < -0.39 is 21.5 Å². The Kier molecular flexibility index (Phi) is 2.02. The van der Waals surface area contributed by atoms with Crippen molar-refractivity contribution in [1.82, 2.24) is 10.3 Å². The lowest BCUT2D eigenvalue weighted by Crippen LogP contribution is -2.52. The maximum atomic E-state index is 10.8. The van der Waals surface area contributed by atoms with Gasteiger partial charge in [0.2, 0.25) is 5.50 Å². The highest BCUT2D eigenvalue weighted by Gasteiger charge is 2.32. The summed E-state index contributed by atoms with van der Waals surface area (Å²) in [6, 6.07) is 0. The zero-order valence-electron chi connectivity index (χ0n) is 6.13. The van der Waals surface area contributed by atoms with Gasteiger partial charge in [0.15, 0.2) is 0 Å². The van der Waals surface area contributed by atoms with Gasteiger partial charge in [-0.3, -0.25) is 14.8 Å². The van der Waals surface area contributed by atoms with Crippen molar-refractivity contribution in [2.75, 3.05) is 7.05 Å². The van der Waals surface area contributed by atoms with Gasteiger partial charge in [0.1, 0.15) is 6.21 Å². The van der Waals surface area contributed by atoms with Crippen LogP contribution in [0.15, 0.2) is 5.10 Å². The van der Waals surface area contributed by atoms with Crippen LogP contribution in [-0.2, 0) is 14.9 Å². The molecule has 12 heavy (non-hydrogen) atoms. The van der Waals surface area contributed by atoms with Crippen molar-refractivity contribution in [2.24, 2.45) is 5.10 Å². The number of hydrogen-bond acceptors (Lipinski definition) is 5. The average molecular weight is 193 g/mol. The molecule has 1 aliphatic rings. The Morgan fingerprint density at radius 2 is 2.33 bits per heavy atom. The molecule has 0 aromatic heterocycles. The van der Waals surface area contributed by atoms with E-state index in [9.17, 15) is 13.2 Å². The van der Waals surface area contributed by atoms with Crippen LogP contribution < -0.4 is 5.43 Å². The van der Waals surface area contributed by atoms with Crippen molar-refractivity contribution in [2.45, 2.75) is 5.50 Å². The van der Waals surface area contributed by atoms with Gasteiger partial charge in [-0.15, -0.1) is 0 Å². The summed E-state index contributed by atoms with van der Waals surface area (Å²) in [5.41, 5.74) is 0.585. The standard InChI is InChI=1S/C4H7N3O4S/c1-7-3(8)2-5-6-4(7)12(9,10)11/h2,4,6H,1H3,(H,9,10,11). The molecule has 0 saturated heterocycles. The van der Waals surface area contributed by atoms with Gasteiger partial charge in [-0.05, 0) is 0 Å². The van der Waals surface area contributed by atoms with Crippen molar-refractivity contribution in [3.05, 3.63) is 0 Å². The smallest absolute Gasteiger partial charge is 0.304 e. The van der Waals surface area contributed by atoms with Crippen LogP contribution in [0.5, 0.6) is 0 Å². The van der Waals surface area contributed by atoms with Crippen molar-refractivity contribution < 1.29 is 17.8 Å². The topological polar surface area (TPSA) is 99.1 Å². The molecule has 7 nitrogen and oxygen atoms in total. The third-order valence-corrected chi connectivity index (χ3v) is 2.33. The SMILES string of the molecule is CN1C(=O)C=NNC1S(=O)(=O)O. The number of nitrogens with one attached hydrogen (secondary N) is 1. The van der Waals surface area contributed by atoms with E-state index in [0.29, 0.717) is 0 Å². The van der Waals surface area contributed by atoms with Gasteiger partial charge in [0.05, 0.1) is 0 Å². The summed E-state index contributed by atoms with van der Waals surface area (Å²) in [5.74, 6) is -0.587.